The first-order valence-electron chi connectivity index (χ1n) is 8.04. The van der Waals surface area contributed by atoms with Crippen molar-refractivity contribution in [1.82, 2.24) is 5.32 Å². The van der Waals surface area contributed by atoms with Crippen molar-refractivity contribution in [2.45, 2.75) is 25.9 Å². The van der Waals surface area contributed by atoms with Crippen LogP contribution in [-0.4, -0.2) is 43.4 Å². The molecule has 0 bridgehead atoms. The number of nitrogens with zero attached hydrogens (tertiary/aromatic N) is 2. The second-order valence-electron chi connectivity index (χ2n) is 5.74. The molecule has 1 atom stereocenters. The third-order valence-electron chi connectivity index (χ3n) is 4.07. The van der Waals surface area contributed by atoms with Crippen LogP contribution in [0.25, 0.3) is 0 Å². The molecule has 0 aromatic heterocycles. The molecule has 3 amide bonds. The lowest BCUT2D eigenvalue weighted by molar-refractivity contribution is -0.110. The molecule has 8 heteroatoms. The summed E-state index contributed by atoms with van der Waals surface area (Å²) in [5, 5.41) is 9.37. The lowest BCUT2D eigenvalue weighted by atomic mass is 10.1. The summed E-state index contributed by atoms with van der Waals surface area (Å²) in [5.74, 6) is -0.312. The number of benzene rings is 1. The summed E-state index contributed by atoms with van der Waals surface area (Å²) in [7, 11) is 0. The number of anilines is 2. The Morgan fingerprint density at radius 1 is 1.46 bits per heavy atom. The van der Waals surface area contributed by atoms with Crippen molar-refractivity contribution in [1.29, 1.82) is 0 Å². The first-order valence-corrected chi connectivity index (χ1v) is 8.04. The van der Waals surface area contributed by atoms with Gasteiger partial charge in [-0.05, 0) is 31.0 Å². The minimum atomic E-state index is -0.312. The smallest absolute Gasteiger partial charge is 0.321 e. The SMILES string of the molecule is CCNC(=O)N1CCc2ccc(NC(=O)C3=NOC(CN)C3)cc21. The summed E-state index contributed by atoms with van der Waals surface area (Å²) in [6, 6.07) is 5.44. The van der Waals surface area contributed by atoms with Gasteiger partial charge in [0, 0.05) is 31.7 Å². The summed E-state index contributed by atoms with van der Waals surface area (Å²) in [4.78, 5) is 31.1. The maximum Gasteiger partial charge on any atom is 0.321 e. The van der Waals surface area contributed by atoms with E-state index in [0.29, 0.717) is 37.5 Å². The van der Waals surface area contributed by atoms with E-state index in [4.69, 9.17) is 10.6 Å². The van der Waals surface area contributed by atoms with E-state index in [1.165, 1.54) is 0 Å². The van der Waals surface area contributed by atoms with Crippen LogP contribution in [-0.2, 0) is 16.1 Å². The average molecular weight is 331 g/mol. The van der Waals surface area contributed by atoms with E-state index in [9.17, 15) is 9.59 Å². The van der Waals surface area contributed by atoms with Crippen LogP contribution in [0.2, 0.25) is 0 Å². The average Bonchev–Trinajstić information content (AvgIpc) is 3.21. The summed E-state index contributed by atoms with van der Waals surface area (Å²) in [6.45, 7) is 3.41. The third kappa shape index (κ3) is 3.18. The Kier molecular flexibility index (Phi) is 4.66. The molecular weight excluding hydrogens is 310 g/mol. The number of rotatable bonds is 4. The molecule has 1 unspecified atom stereocenters. The molecule has 1 aromatic carbocycles. The second-order valence-corrected chi connectivity index (χ2v) is 5.74. The molecule has 2 heterocycles. The Labute approximate surface area is 140 Å². The predicted octanol–water partition coefficient (Wildman–Crippen LogP) is 0.821. The quantitative estimate of drug-likeness (QED) is 0.759. The molecule has 24 heavy (non-hydrogen) atoms. The lowest BCUT2D eigenvalue weighted by Gasteiger charge is -2.18. The van der Waals surface area contributed by atoms with Crippen molar-refractivity contribution in [3.8, 4) is 0 Å². The van der Waals surface area contributed by atoms with E-state index in [2.05, 4.69) is 15.8 Å². The Hall–Kier alpha value is -2.61. The fourth-order valence-electron chi connectivity index (χ4n) is 2.81. The Morgan fingerprint density at radius 2 is 2.29 bits per heavy atom. The van der Waals surface area contributed by atoms with E-state index in [1.807, 2.05) is 25.1 Å². The van der Waals surface area contributed by atoms with Gasteiger partial charge in [0.1, 0.15) is 11.8 Å². The van der Waals surface area contributed by atoms with Crippen molar-refractivity contribution in [3.63, 3.8) is 0 Å². The van der Waals surface area contributed by atoms with Crippen LogP contribution in [0, 0.1) is 0 Å². The number of urea groups is 1. The third-order valence-corrected chi connectivity index (χ3v) is 4.07. The van der Waals surface area contributed by atoms with Gasteiger partial charge in [-0.3, -0.25) is 9.69 Å². The van der Waals surface area contributed by atoms with Crippen molar-refractivity contribution in [2.24, 2.45) is 10.9 Å². The number of hydrogen-bond acceptors (Lipinski definition) is 5. The van der Waals surface area contributed by atoms with Gasteiger partial charge in [0.2, 0.25) is 0 Å². The predicted molar refractivity (Wildman–Crippen MR) is 91.2 cm³/mol. The monoisotopic (exact) mass is 331 g/mol. The molecule has 8 nitrogen and oxygen atoms in total. The van der Waals surface area contributed by atoms with Crippen LogP contribution >= 0.6 is 0 Å². The molecule has 2 aliphatic rings. The first kappa shape index (κ1) is 16.3. The van der Waals surface area contributed by atoms with Crippen LogP contribution in [0.15, 0.2) is 23.4 Å². The fourth-order valence-corrected chi connectivity index (χ4v) is 2.81. The molecule has 0 fully saturated rings. The first-order chi connectivity index (χ1) is 11.6. The molecule has 2 aliphatic heterocycles. The standard InChI is InChI=1S/C16H21N5O3/c1-2-18-16(23)21-6-5-10-3-4-11(7-14(10)21)19-15(22)13-8-12(9-17)24-20-13/h3-4,7,12H,2,5-6,8-9,17H2,1H3,(H,18,23)(H,19,22). The zero-order chi connectivity index (χ0) is 17.1. The number of oxime groups is 1. The fraction of sp³-hybridized carbons (Fsp3) is 0.438. The number of fused-ring (bicyclic) bond motifs is 1. The van der Waals surface area contributed by atoms with Crippen LogP contribution in [0.3, 0.4) is 0 Å². The molecule has 0 radical (unpaired) electrons. The summed E-state index contributed by atoms with van der Waals surface area (Å²) < 4.78 is 0. The number of nitrogens with two attached hydrogens (primary N) is 1. The molecular formula is C16H21N5O3. The highest BCUT2D eigenvalue weighted by molar-refractivity contribution is 6.43. The van der Waals surface area contributed by atoms with Gasteiger partial charge in [-0.25, -0.2) is 4.79 Å². The molecule has 0 saturated heterocycles. The van der Waals surface area contributed by atoms with Crippen LogP contribution in [0.5, 0.6) is 0 Å². The Bertz CT molecular complexity index is 688. The number of nitrogens with one attached hydrogen (secondary N) is 2. The normalized spacial score (nSPS) is 18.7. The Balaban J connectivity index is 1.71. The highest BCUT2D eigenvalue weighted by Crippen LogP contribution is 2.31. The van der Waals surface area contributed by atoms with Gasteiger partial charge in [-0.1, -0.05) is 11.2 Å². The highest BCUT2D eigenvalue weighted by atomic mass is 16.6. The van der Waals surface area contributed by atoms with E-state index in [1.54, 1.807) is 4.90 Å². The summed E-state index contributed by atoms with van der Waals surface area (Å²) in [6.07, 6.45) is 0.969. The van der Waals surface area contributed by atoms with Gasteiger partial charge < -0.3 is 21.2 Å². The summed E-state index contributed by atoms with van der Waals surface area (Å²) >= 11 is 0. The van der Waals surface area contributed by atoms with Crippen molar-refractivity contribution >= 4 is 29.0 Å². The topological polar surface area (TPSA) is 109 Å². The number of carbonyl (C=O) groups is 2. The number of carbonyl (C=O) groups excluding carboxylic acids is 2. The molecule has 3 rings (SSSR count). The zero-order valence-corrected chi connectivity index (χ0v) is 13.5. The van der Waals surface area contributed by atoms with E-state index < -0.39 is 0 Å². The van der Waals surface area contributed by atoms with Gasteiger partial charge in [-0.2, -0.15) is 0 Å². The van der Waals surface area contributed by atoms with Crippen LogP contribution in [0.1, 0.15) is 18.9 Å². The molecule has 1 aromatic rings. The highest BCUT2D eigenvalue weighted by Gasteiger charge is 2.27. The number of amides is 3. The van der Waals surface area contributed by atoms with Gasteiger partial charge in [0.25, 0.3) is 5.91 Å². The summed E-state index contributed by atoms with van der Waals surface area (Å²) in [5.41, 5.74) is 8.36. The van der Waals surface area contributed by atoms with Gasteiger partial charge in [0.05, 0.1) is 5.69 Å². The molecule has 0 saturated carbocycles. The Morgan fingerprint density at radius 3 is 3.00 bits per heavy atom. The van der Waals surface area contributed by atoms with Crippen molar-refractivity contribution in [3.05, 3.63) is 23.8 Å². The van der Waals surface area contributed by atoms with E-state index in [0.717, 1.165) is 17.7 Å². The second kappa shape index (κ2) is 6.88. The van der Waals surface area contributed by atoms with Crippen LogP contribution < -0.4 is 21.3 Å². The van der Waals surface area contributed by atoms with Gasteiger partial charge >= 0.3 is 6.03 Å². The molecule has 0 aliphatic carbocycles. The minimum absolute atomic E-state index is 0.126. The minimum Gasteiger partial charge on any atom is -0.390 e. The van der Waals surface area contributed by atoms with Crippen molar-refractivity contribution in [2.75, 3.05) is 29.9 Å². The van der Waals surface area contributed by atoms with E-state index >= 15 is 0 Å². The van der Waals surface area contributed by atoms with Gasteiger partial charge in [-0.15, -0.1) is 0 Å². The van der Waals surface area contributed by atoms with Crippen molar-refractivity contribution < 1.29 is 14.4 Å². The number of hydrogen-bond donors (Lipinski definition) is 3. The zero-order valence-electron chi connectivity index (χ0n) is 13.5. The molecule has 4 N–H and O–H groups in total. The lowest BCUT2D eigenvalue weighted by Crippen LogP contribution is -2.38. The molecule has 128 valence electrons. The van der Waals surface area contributed by atoms with Crippen LogP contribution in [0.4, 0.5) is 16.2 Å². The maximum atomic E-state index is 12.2. The largest absolute Gasteiger partial charge is 0.390 e. The molecule has 0 spiro atoms. The van der Waals surface area contributed by atoms with Gasteiger partial charge in [0.15, 0.2) is 0 Å². The van der Waals surface area contributed by atoms with E-state index in [-0.39, 0.29) is 18.0 Å². The maximum absolute atomic E-state index is 12.2.